The normalized spacial score (nSPS) is 12.0. The number of aryl methyl sites for hydroxylation is 2. The monoisotopic (exact) mass is 305 g/mol. The van der Waals surface area contributed by atoms with Gasteiger partial charge in [-0.1, -0.05) is 17.7 Å². The van der Waals surface area contributed by atoms with Crippen LogP contribution < -0.4 is 4.31 Å². The summed E-state index contributed by atoms with van der Waals surface area (Å²) >= 11 is -2.30. The van der Waals surface area contributed by atoms with Crippen LogP contribution in [-0.4, -0.2) is 19.8 Å². The smallest absolute Gasteiger partial charge is 0.335 e. The summed E-state index contributed by atoms with van der Waals surface area (Å²) in [5.74, 6) is -1.08. The lowest BCUT2D eigenvalue weighted by molar-refractivity contribution is 0.0697. The lowest BCUT2D eigenvalue weighted by Gasteiger charge is -2.21. The second-order valence-corrected chi connectivity index (χ2v) is 5.55. The van der Waals surface area contributed by atoms with Gasteiger partial charge in [0, 0.05) is 0 Å². The summed E-state index contributed by atoms with van der Waals surface area (Å²) in [4.78, 5) is 11.1. The molecule has 2 aromatic carbocycles. The second-order valence-electron chi connectivity index (χ2n) is 4.72. The molecule has 110 valence electrons. The van der Waals surface area contributed by atoms with Crippen LogP contribution in [0.3, 0.4) is 0 Å². The van der Waals surface area contributed by atoms with Crippen molar-refractivity contribution in [3.05, 3.63) is 59.2 Å². The number of aromatic carboxylic acids is 1. The molecule has 0 heterocycles. The van der Waals surface area contributed by atoms with Crippen LogP contribution in [-0.2, 0) is 11.3 Å². The van der Waals surface area contributed by atoms with Crippen molar-refractivity contribution in [3.8, 4) is 0 Å². The van der Waals surface area contributed by atoms with E-state index < -0.39 is 17.2 Å². The zero-order chi connectivity index (χ0) is 15.6. The van der Waals surface area contributed by atoms with E-state index in [1.165, 1.54) is 16.4 Å². The Kier molecular flexibility index (Phi) is 4.40. The van der Waals surface area contributed by atoms with Crippen molar-refractivity contribution in [2.24, 2.45) is 0 Å². The maximum Gasteiger partial charge on any atom is 0.335 e. The average molecular weight is 305 g/mol. The molecule has 0 aliphatic heterocycles. The Morgan fingerprint density at radius 1 is 1.00 bits per heavy atom. The number of anilines is 2. The van der Waals surface area contributed by atoms with E-state index >= 15 is 0 Å². The molecule has 21 heavy (non-hydrogen) atoms. The van der Waals surface area contributed by atoms with Gasteiger partial charge in [0.1, 0.15) is 0 Å². The minimum atomic E-state index is -2.30. The number of carboxylic acids is 1. The second kappa shape index (κ2) is 6.07. The number of carbonyl (C=O) groups is 1. The maximum atomic E-state index is 11.7. The van der Waals surface area contributed by atoms with Gasteiger partial charge in [-0.25, -0.2) is 13.3 Å². The first-order valence-corrected chi connectivity index (χ1v) is 7.27. The molecule has 0 amide bonds. The van der Waals surface area contributed by atoms with Gasteiger partial charge in [0.05, 0.1) is 16.9 Å². The molecular weight excluding hydrogens is 290 g/mol. The third kappa shape index (κ3) is 3.48. The number of benzene rings is 2. The van der Waals surface area contributed by atoms with E-state index in [9.17, 15) is 13.6 Å². The quantitative estimate of drug-likeness (QED) is 0.850. The highest BCUT2D eigenvalue weighted by atomic mass is 32.2. The summed E-state index contributed by atoms with van der Waals surface area (Å²) in [5.41, 5.74) is 2.68. The van der Waals surface area contributed by atoms with Gasteiger partial charge < -0.3 is 5.11 Å². The molecule has 0 aliphatic rings. The van der Waals surface area contributed by atoms with Crippen LogP contribution in [0, 0.1) is 13.8 Å². The minimum absolute atomic E-state index is 0.0764. The molecule has 0 saturated carbocycles. The zero-order valence-electron chi connectivity index (χ0n) is 11.6. The van der Waals surface area contributed by atoms with Crippen LogP contribution in [0.15, 0.2) is 42.5 Å². The van der Waals surface area contributed by atoms with Crippen molar-refractivity contribution in [1.29, 1.82) is 0 Å². The van der Waals surface area contributed by atoms with Crippen LogP contribution in [0.5, 0.6) is 0 Å². The highest BCUT2D eigenvalue weighted by Gasteiger charge is 2.17. The number of rotatable bonds is 4. The van der Waals surface area contributed by atoms with Crippen LogP contribution in [0.4, 0.5) is 11.4 Å². The largest absolute Gasteiger partial charge is 0.478 e. The Hall–Kier alpha value is -2.18. The first kappa shape index (κ1) is 15.2. The fraction of sp³-hybridized carbons (Fsp3) is 0.133. The molecule has 1 unspecified atom stereocenters. The van der Waals surface area contributed by atoms with Crippen molar-refractivity contribution < 1.29 is 18.7 Å². The summed E-state index contributed by atoms with van der Waals surface area (Å²) < 4.78 is 22.4. The predicted molar refractivity (Wildman–Crippen MR) is 82.2 cm³/mol. The summed E-state index contributed by atoms with van der Waals surface area (Å²) in [6.07, 6.45) is 0. The van der Waals surface area contributed by atoms with E-state index in [0.717, 1.165) is 5.56 Å². The molecule has 5 nitrogen and oxygen atoms in total. The summed E-state index contributed by atoms with van der Waals surface area (Å²) in [7, 11) is 0. The van der Waals surface area contributed by atoms with E-state index in [1.807, 2.05) is 19.1 Å². The Bertz CT molecular complexity index is 697. The predicted octanol–water partition coefficient (Wildman–Crippen LogP) is 3.28. The van der Waals surface area contributed by atoms with E-state index in [2.05, 4.69) is 0 Å². The van der Waals surface area contributed by atoms with Gasteiger partial charge in [-0.3, -0.25) is 4.55 Å². The van der Waals surface area contributed by atoms with E-state index in [-0.39, 0.29) is 5.56 Å². The summed E-state index contributed by atoms with van der Waals surface area (Å²) in [5, 5.41) is 9.10. The minimum Gasteiger partial charge on any atom is -0.478 e. The van der Waals surface area contributed by atoms with Crippen LogP contribution >= 0.6 is 0 Å². The Labute approximate surface area is 125 Å². The van der Waals surface area contributed by atoms with Gasteiger partial charge >= 0.3 is 5.97 Å². The molecule has 0 aliphatic carbocycles. The summed E-state index contributed by atoms with van der Waals surface area (Å²) in [6.45, 7) is 3.66. The fourth-order valence-electron chi connectivity index (χ4n) is 2.01. The average Bonchev–Trinajstić information content (AvgIpc) is 2.40. The van der Waals surface area contributed by atoms with Gasteiger partial charge in [0.25, 0.3) is 11.3 Å². The van der Waals surface area contributed by atoms with E-state index in [0.29, 0.717) is 16.9 Å². The van der Waals surface area contributed by atoms with E-state index in [4.69, 9.17) is 5.11 Å². The zero-order valence-corrected chi connectivity index (χ0v) is 12.4. The molecule has 0 radical (unpaired) electrons. The number of hydrogen-bond acceptors (Lipinski definition) is 2. The topological polar surface area (TPSA) is 77.8 Å². The molecule has 0 saturated heterocycles. The van der Waals surface area contributed by atoms with Crippen LogP contribution in [0.1, 0.15) is 21.5 Å². The van der Waals surface area contributed by atoms with Gasteiger partial charge in [-0.2, -0.15) is 0 Å². The van der Waals surface area contributed by atoms with Crippen molar-refractivity contribution in [1.82, 2.24) is 0 Å². The van der Waals surface area contributed by atoms with Gasteiger partial charge in [-0.15, -0.1) is 0 Å². The highest BCUT2D eigenvalue weighted by Crippen LogP contribution is 2.29. The molecule has 2 rings (SSSR count). The SMILES string of the molecule is Cc1ccc(N(c2cc(C)cc(C(=O)O)c2)S(=O)O)cc1. The first-order chi connectivity index (χ1) is 9.88. The molecule has 0 aromatic heterocycles. The molecule has 1 atom stereocenters. The molecular formula is C15H15NO4S. The van der Waals surface area contributed by atoms with Crippen LogP contribution in [0.25, 0.3) is 0 Å². The number of carboxylic acid groups (broad SMARTS) is 1. The number of hydrogen-bond donors (Lipinski definition) is 2. The third-order valence-corrected chi connectivity index (χ3v) is 3.70. The lowest BCUT2D eigenvalue weighted by Crippen LogP contribution is -2.19. The lowest BCUT2D eigenvalue weighted by atomic mass is 10.1. The van der Waals surface area contributed by atoms with E-state index in [1.54, 1.807) is 25.1 Å². The van der Waals surface area contributed by atoms with Crippen molar-refractivity contribution >= 4 is 28.6 Å². The third-order valence-electron chi connectivity index (χ3n) is 2.97. The number of nitrogens with zero attached hydrogens (tertiary/aromatic N) is 1. The molecule has 0 fully saturated rings. The Morgan fingerprint density at radius 2 is 1.62 bits per heavy atom. The van der Waals surface area contributed by atoms with Gasteiger partial charge in [0.15, 0.2) is 0 Å². The Morgan fingerprint density at radius 3 is 2.14 bits per heavy atom. The van der Waals surface area contributed by atoms with Gasteiger partial charge in [-0.05, 0) is 49.7 Å². The van der Waals surface area contributed by atoms with Gasteiger partial charge in [0.2, 0.25) is 0 Å². The highest BCUT2D eigenvalue weighted by molar-refractivity contribution is 7.81. The first-order valence-electron chi connectivity index (χ1n) is 6.21. The summed E-state index contributed by atoms with van der Waals surface area (Å²) in [6, 6.07) is 11.6. The maximum absolute atomic E-state index is 11.7. The van der Waals surface area contributed by atoms with Crippen molar-refractivity contribution in [2.75, 3.05) is 4.31 Å². The molecule has 2 aromatic rings. The molecule has 2 N–H and O–H groups in total. The van der Waals surface area contributed by atoms with Crippen molar-refractivity contribution in [2.45, 2.75) is 13.8 Å². The molecule has 6 heteroatoms. The van der Waals surface area contributed by atoms with Crippen molar-refractivity contribution in [3.63, 3.8) is 0 Å². The van der Waals surface area contributed by atoms with Crippen LogP contribution in [0.2, 0.25) is 0 Å². The Balaban J connectivity index is 2.55. The molecule has 0 bridgehead atoms. The fourth-order valence-corrected chi connectivity index (χ4v) is 2.60. The standard InChI is InChI=1S/C15H15NO4S/c1-10-3-5-13(6-4-10)16(21(19)20)14-8-11(2)7-12(9-14)15(17)18/h3-9H,1-2H3,(H,17,18)(H,19,20). The molecule has 0 spiro atoms.